The molecule has 1 unspecified atom stereocenters. The Kier molecular flexibility index (Phi) is 6.27. The number of ether oxygens (including phenoxy) is 2. The number of hydrogen-bond acceptors (Lipinski definition) is 8. The number of carbonyl (C=O) groups excluding carboxylic acids is 1. The Hall–Kier alpha value is -2.91. The van der Waals surface area contributed by atoms with Crippen LogP contribution in [-0.2, 0) is 9.47 Å². The SMILES string of the molecule is COC(=O)c1cc(NCC(c2ccc(C)o2)N2CCOCC2)ccc1[N+](=O)[O-]. The number of nitro groups is 1. The molecule has 2 heterocycles. The fraction of sp³-hybridized carbons (Fsp3) is 0.421. The van der Waals surface area contributed by atoms with E-state index in [4.69, 9.17) is 9.15 Å². The summed E-state index contributed by atoms with van der Waals surface area (Å²) < 4.78 is 15.9. The number of rotatable bonds is 7. The minimum atomic E-state index is -0.748. The van der Waals surface area contributed by atoms with E-state index in [9.17, 15) is 14.9 Å². The van der Waals surface area contributed by atoms with Crippen molar-refractivity contribution in [3.8, 4) is 0 Å². The number of carbonyl (C=O) groups is 1. The van der Waals surface area contributed by atoms with Crippen molar-refractivity contribution in [2.24, 2.45) is 0 Å². The van der Waals surface area contributed by atoms with Crippen LogP contribution in [0.15, 0.2) is 34.7 Å². The zero-order valence-electron chi connectivity index (χ0n) is 15.8. The lowest BCUT2D eigenvalue weighted by atomic mass is 10.1. The minimum absolute atomic E-state index is 0.0330. The summed E-state index contributed by atoms with van der Waals surface area (Å²) in [6.07, 6.45) is 0. The quantitative estimate of drug-likeness (QED) is 0.438. The molecule has 0 amide bonds. The highest BCUT2D eigenvalue weighted by atomic mass is 16.6. The lowest BCUT2D eigenvalue weighted by molar-refractivity contribution is -0.385. The summed E-state index contributed by atoms with van der Waals surface area (Å²) in [6.45, 7) is 5.26. The number of anilines is 1. The number of nitrogens with zero attached hydrogens (tertiary/aromatic N) is 2. The topological polar surface area (TPSA) is 107 Å². The number of aryl methyl sites for hydroxylation is 1. The average Bonchev–Trinajstić information content (AvgIpc) is 3.14. The van der Waals surface area contributed by atoms with E-state index >= 15 is 0 Å². The summed E-state index contributed by atoms with van der Waals surface area (Å²) in [7, 11) is 1.19. The van der Waals surface area contributed by atoms with Crippen molar-refractivity contribution in [3.05, 3.63) is 57.5 Å². The first kappa shape index (κ1) is 19.8. The van der Waals surface area contributed by atoms with Gasteiger partial charge in [0.25, 0.3) is 5.69 Å². The molecule has 9 heteroatoms. The van der Waals surface area contributed by atoms with Crippen molar-refractivity contribution in [2.75, 3.05) is 45.3 Å². The van der Waals surface area contributed by atoms with E-state index in [0.29, 0.717) is 25.4 Å². The van der Waals surface area contributed by atoms with Crippen LogP contribution in [0.1, 0.15) is 27.9 Å². The summed E-state index contributed by atoms with van der Waals surface area (Å²) >= 11 is 0. The molecule has 28 heavy (non-hydrogen) atoms. The van der Waals surface area contributed by atoms with Crippen LogP contribution >= 0.6 is 0 Å². The van der Waals surface area contributed by atoms with E-state index in [2.05, 4.69) is 15.0 Å². The number of nitrogens with one attached hydrogen (secondary N) is 1. The Bertz CT molecular complexity index is 844. The number of furan rings is 1. The number of methoxy groups -OCH3 is 1. The summed E-state index contributed by atoms with van der Waals surface area (Å²) in [4.78, 5) is 24.7. The summed E-state index contributed by atoms with van der Waals surface area (Å²) in [5.41, 5.74) is 0.214. The van der Waals surface area contributed by atoms with Crippen LogP contribution in [0.5, 0.6) is 0 Å². The summed E-state index contributed by atoms with van der Waals surface area (Å²) in [6, 6.07) is 8.16. The second-order valence-corrected chi connectivity index (χ2v) is 6.47. The van der Waals surface area contributed by atoms with Gasteiger partial charge in [0.1, 0.15) is 17.1 Å². The van der Waals surface area contributed by atoms with Crippen LogP contribution in [0, 0.1) is 17.0 Å². The Balaban J connectivity index is 1.80. The van der Waals surface area contributed by atoms with Crippen LogP contribution in [0.2, 0.25) is 0 Å². The van der Waals surface area contributed by atoms with E-state index in [-0.39, 0.29) is 17.3 Å². The van der Waals surface area contributed by atoms with Gasteiger partial charge in [-0.25, -0.2) is 4.79 Å². The lowest BCUT2D eigenvalue weighted by Gasteiger charge is -2.33. The predicted molar refractivity (Wildman–Crippen MR) is 102 cm³/mol. The predicted octanol–water partition coefficient (Wildman–Crippen LogP) is 2.77. The molecule has 1 aromatic heterocycles. The van der Waals surface area contributed by atoms with Gasteiger partial charge in [-0.3, -0.25) is 15.0 Å². The van der Waals surface area contributed by atoms with Gasteiger partial charge < -0.3 is 19.2 Å². The average molecular weight is 389 g/mol. The van der Waals surface area contributed by atoms with Crippen molar-refractivity contribution >= 4 is 17.3 Å². The first-order valence-electron chi connectivity index (χ1n) is 8.98. The van der Waals surface area contributed by atoms with Crippen molar-refractivity contribution < 1.29 is 23.6 Å². The molecule has 2 aromatic rings. The Labute approximate surface area is 162 Å². The van der Waals surface area contributed by atoms with E-state index in [1.54, 1.807) is 6.07 Å². The maximum atomic E-state index is 11.9. The third-order valence-electron chi connectivity index (χ3n) is 4.67. The van der Waals surface area contributed by atoms with Gasteiger partial charge in [0.05, 0.1) is 31.3 Å². The molecule has 1 aliphatic rings. The largest absolute Gasteiger partial charge is 0.465 e. The molecule has 1 aliphatic heterocycles. The van der Waals surface area contributed by atoms with Gasteiger partial charge >= 0.3 is 5.97 Å². The van der Waals surface area contributed by atoms with E-state index in [1.165, 1.54) is 19.2 Å². The van der Waals surface area contributed by atoms with Crippen LogP contribution in [-0.4, -0.2) is 55.8 Å². The normalized spacial score (nSPS) is 15.8. The van der Waals surface area contributed by atoms with Gasteiger partial charge in [-0.2, -0.15) is 0 Å². The first-order chi connectivity index (χ1) is 13.5. The highest BCUT2D eigenvalue weighted by Crippen LogP contribution is 2.27. The number of hydrogen-bond donors (Lipinski definition) is 1. The number of esters is 1. The zero-order valence-corrected chi connectivity index (χ0v) is 15.8. The van der Waals surface area contributed by atoms with Gasteiger partial charge in [-0.15, -0.1) is 0 Å². The van der Waals surface area contributed by atoms with Crippen molar-refractivity contribution in [3.63, 3.8) is 0 Å². The molecule has 1 N–H and O–H groups in total. The molecule has 0 aliphatic carbocycles. The molecular formula is C19H23N3O6. The first-order valence-corrected chi connectivity index (χ1v) is 8.98. The molecule has 0 radical (unpaired) electrons. The Morgan fingerprint density at radius 2 is 2.07 bits per heavy atom. The molecule has 1 atom stereocenters. The van der Waals surface area contributed by atoms with E-state index in [1.807, 2.05) is 19.1 Å². The highest BCUT2D eigenvalue weighted by Gasteiger charge is 2.26. The number of benzene rings is 1. The van der Waals surface area contributed by atoms with Crippen LogP contribution in [0.4, 0.5) is 11.4 Å². The molecule has 1 aromatic carbocycles. The van der Waals surface area contributed by atoms with Gasteiger partial charge in [-0.05, 0) is 31.2 Å². The van der Waals surface area contributed by atoms with Crippen molar-refractivity contribution in [1.29, 1.82) is 0 Å². The smallest absolute Gasteiger partial charge is 0.344 e. The highest BCUT2D eigenvalue weighted by molar-refractivity contribution is 5.95. The van der Waals surface area contributed by atoms with Gasteiger partial charge in [0, 0.05) is 31.4 Å². The van der Waals surface area contributed by atoms with Gasteiger partial charge in [0.2, 0.25) is 0 Å². The fourth-order valence-electron chi connectivity index (χ4n) is 3.22. The Morgan fingerprint density at radius 1 is 1.32 bits per heavy atom. The molecule has 0 saturated carbocycles. The molecule has 0 bridgehead atoms. The Morgan fingerprint density at radius 3 is 2.68 bits per heavy atom. The lowest BCUT2D eigenvalue weighted by Crippen LogP contribution is -2.41. The molecule has 0 spiro atoms. The maximum absolute atomic E-state index is 11.9. The number of morpholine rings is 1. The summed E-state index contributed by atoms with van der Waals surface area (Å²) in [5, 5.41) is 14.4. The molecule has 1 fully saturated rings. The third kappa shape index (κ3) is 4.49. The van der Waals surface area contributed by atoms with E-state index < -0.39 is 10.9 Å². The van der Waals surface area contributed by atoms with Gasteiger partial charge in [0.15, 0.2) is 0 Å². The van der Waals surface area contributed by atoms with Crippen LogP contribution in [0.3, 0.4) is 0 Å². The van der Waals surface area contributed by atoms with Crippen LogP contribution < -0.4 is 5.32 Å². The monoisotopic (exact) mass is 389 g/mol. The standard InChI is InChI=1S/C19H23N3O6/c1-13-3-6-18(28-13)17(21-7-9-27-10-8-21)12-20-14-4-5-16(22(24)25)15(11-14)19(23)26-2/h3-6,11,17,20H,7-10,12H2,1-2H3. The van der Waals surface area contributed by atoms with Gasteiger partial charge in [-0.1, -0.05) is 0 Å². The fourth-order valence-corrected chi connectivity index (χ4v) is 3.22. The van der Waals surface area contributed by atoms with Crippen molar-refractivity contribution in [1.82, 2.24) is 4.90 Å². The molecule has 1 saturated heterocycles. The number of nitro benzene ring substituents is 1. The van der Waals surface area contributed by atoms with Crippen LogP contribution in [0.25, 0.3) is 0 Å². The minimum Gasteiger partial charge on any atom is -0.465 e. The zero-order chi connectivity index (χ0) is 20.1. The maximum Gasteiger partial charge on any atom is 0.344 e. The molecule has 3 rings (SSSR count). The molecule has 9 nitrogen and oxygen atoms in total. The second-order valence-electron chi connectivity index (χ2n) is 6.47. The summed E-state index contributed by atoms with van der Waals surface area (Å²) in [5.74, 6) is 0.917. The molecule has 150 valence electrons. The van der Waals surface area contributed by atoms with Crippen molar-refractivity contribution in [2.45, 2.75) is 13.0 Å². The third-order valence-corrected chi connectivity index (χ3v) is 4.67. The second kappa shape index (κ2) is 8.85. The van der Waals surface area contributed by atoms with E-state index in [0.717, 1.165) is 24.6 Å². The molecular weight excluding hydrogens is 366 g/mol.